The van der Waals surface area contributed by atoms with E-state index < -0.39 is 5.97 Å². The van der Waals surface area contributed by atoms with Crippen molar-refractivity contribution in [3.8, 4) is 0 Å². The normalized spacial score (nSPS) is 16.9. The molecule has 3 aromatic rings. The van der Waals surface area contributed by atoms with E-state index in [4.69, 9.17) is 5.11 Å². The van der Waals surface area contributed by atoms with E-state index in [1.165, 1.54) is 34.4 Å². The Balaban J connectivity index is 1.78. The summed E-state index contributed by atoms with van der Waals surface area (Å²) in [5.74, 6) is -0.905. The highest BCUT2D eigenvalue weighted by atomic mass is 32.2. The Morgan fingerprint density at radius 3 is 2.26 bits per heavy atom. The predicted octanol–water partition coefficient (Wildman–Crippen LogP) is 7.51. The molecule has 0 atom stereocenters. The summed E-state index contributed by atoms with van der Waals surface area (Å²) >= 11 is 3.37. The molecule has 0 radical (unpaired) electrons. The first-order chi connectivity index (χ1) is 14.7. The summed E-state index contributed by atoms with van der Waals surface area (Å²) in [7, 11) is 0. The number of aromatic nitrogens is 1. The molecule has 1 aromatic heterocycles. The van der Waals surface area contributed by atoms with Gasteiger partial charge >= 0.3 is 5.97 Å². The van der Waals surface area contributed by atoms with E-state index in [-0.39, 0.29) is 10.8 Å². The van der Waals surface area contributed by atoms with Crippen LogP contribution in [-0.2, 0) is 10.8 Å². The first-order valence-electron chi connectivity index (χ1n) is 10.4. The van der Waals surface area contributed by atoms with E-state index in [1.54, 1.807) is 35.2 Å². The van der Waals surface area contributed by atoms with Crippen LogP contribution in [0, 0.1) is 0 Å². The molecular weight excluding hydrogens is 422 g/mol. The van der Waals surface area contributed by atoms with Crippen molar-refractivity contribution in [2.24, 2.45) is 0 Å². The number of benzene rings is 2. The monoisotopic (exact) mass is 449 g/mol. The van der Waals surface area contributed by atoms with Gasteiger partial charge < -0.3 is 5.11 Å². The van der Waals surface area contributed by atoms with Crippen LogP contribution in [0.2, 0.25) is 0 Å². The van der Waals surface area contributed by atoms with E-state index in [0.29, 0.717) is 5.56 Å². The number of nitrogens with zero attached hydrogens (tertiary/aromatic N) is 1. The van der Waals surface area contributed by atoms with Crippen molar-refractivity contribution in [3.63, 3.8) is 0 Å². The van der Waals surface area contributed by atoms with Gasteiger partial charge in [0.1, 0.15) is 0 Å². The van der Waals surface area contributed by atoms with Crippen molar-refractivity contribution in [1.82, 2.24) is 4.98 Å². The first-order valence-corrected chi connectivity index (χ1v) is 12.1. The van der Waals surface area contributed by atoms with Gasteiger partial charge in [-0.05, 0) is 70.2 Å². The molecule has 1 N–H and O–H groups in total. The quantitative estimate of drug-likeness (QED) is 0.409. The number of fused-ring (bicyclic) bond motifs is 1. The number of thiazole rings is 1. The Kier molecular flexibility index (Phi) is 5.84. The number of hydrogen-bond acceptors (Lipinski definition) is 4. The molecule has 1 aliphatic carbocycles. The summed E-state index contributed by atoms with van der Waals surface area (Å²) in [4.78, 5) is 16.8. The van der Waals surface area contributed by atoms with Gasteiger partial charge in [-0.25, -0.2) is 9.78 Å². The van der Waals surface area contributed by atoms with Crippen molar-refractivity contribution in [2.75, 3.05) is 0 Å². The van der Waals surface area contributed by atoms with Gasteiger partial charge in [-0.15, -0.1) is 11.3 Å². The van der Waals surface area contributed by atoms with Crippen molar-refractivity contribution >= 4 is 41.2 Å². The van der Waals surface area contributed by atoms with Crippen molar-refractivity contribution in [2.45, 2.75) is 60.6 Å². The molecule has 31 heavy (non-hydrogen) atoms. The third-order valence-corrected chi connectivity index (χ3v) is 8.16. The summed E-state index contributed by atoms with van der Waals surface area (Å²) in [6, 6.07) is 11.7. The molecule has 0 spiro atoms. The lowest BCUT2D eigenvalue weighted by Crippen LogP contribution is -2.34. The highest BCUT2D eigenvalue weighted by Crippen LogP contribution is 2.48. The second-order valence-electron chi connectivity index (χ2n) is 9.36. The van der Waals surface area contributed by atoms with Crippen LogP contribution in [0.4, 0.5) is 0 Å². The smallest absolute Gasteiger partial charge is 0.335 e. The Morgan fingerprint density at radius 1 is 1.03 bits per heavy atom. The molecule has 0 aliphatic heterocycles. The predicted molar refractivity (Wildman–Crippen MR) is 130 cm³/mol. The number of carboxylic acids is 1. The Hall–Kier alpha value is -2.37. The maximum Gasteiger partial charge on any atom is 0.335 e. The zero-order valence-electron chi connectivity index (χ0n) is 18.3. The largest absolute Gasteiger partial charge is 0.478 e. The molecule has 160 valence electrons. The third-order valence-electron chi connectivity index (χ3n) is 6.20. The number of carboxylic acid groups (broad SMARTS) is 1. The van der Waals surface area contributed by atoms with Gasteiger partial charge in [0.15, 0.2) is 4.34 Å². The van der Waals surface area contributed by atoms with Gasteiger partial charge in [0.2, 0.25) is 0 Å². The van der Waals surface area contributed by atoms with Crippen molar-refractivity contribution in [3.05, 3.63) is 75.8 Å². The zero-order valence-corrected chi connectivity index (χ0v) is 19.9. The lowest BCUT2D eigenvalue weighted by atomic mass is 9.63. The van der Waals surface area contributed by atoms with Crippen LogP contribution in [-0.4, -0.2) is 16.1 Å². The van der Waals surface area contributed by atoms with E-state index in [1.807, 2.05) is 23.7 Å². The third kappa shape index (κ3) is 4.63. The van der Waals surface area contributed by atoms with E-state index in [9.17, 15) is 4.79 Å². The Labute approximate surface area is 192 Å². The molecule has 0 amide bonds. The second kappa shape index (κ2) is 8.29. The maximum absolute atomic E-state index is 11.1. The minimum absolute atomic E-state index is 0.140. The van der Waals surface area contributed by atoms with Gasteiger partial charge in [-0.2, -0.15) is 0 Å². The highest BCUT2D eigenvalue weighted by Gasteiger charge is 2.37. The number of carbonyl (C=O) groups is 1. The van der Waals surface area contributed by atoms with Crippen LogP contribution in [0.25, 0.3) is 12.2 Å². The topological polar surface area (TPSA) is 50.2 Å². The number of rotatable bonds is 5. The summed E-state index contributed by atoms with van der Waals surface area (Å²) in [6.45, 7) is 9.37. The molecule has 0 saturated heterocycles. The van der Waals surface area contributed by atoms with Crippen LogP contribution >= 0.6 is 23.1 Å². The van der Waals surface area contributed by atoms with Gasteiger partial charge in [-0.1, -0.05) is 63.7 Å². The summed E-state index contributed by atoms with van der Waals surface area (Å²) in [5.41, 5.74) is 5.60. The van der Waals surface area contributed by atoms with E-state index in [0.717, 1.165) is 9.90 Å². The average Bonchev–Trinajstić information content (AvgIpc) is 3.23. The fraction of sp³-hybridized carbons (Fsp3) is 0.308. The van der Waals surface area contributed by atoms with Crippen LogP contribution in [0.5, 0.6) is 0 Å². The highest BCUT2D eigenvalue weighted by molar-refractivity contribution is 8.01. The minimum atomic E-state index is -0.905. The van der Waals surface area contributed by atoms with Crippen LogP contribution < -0.4 is 0 Å². The van der Waals surface area contributed by atoms with Crippen LogP contribution in [0.15, 0.2) is 57.2 Å². The van der Waals surface area contributed by atoms with Crippen LogP contribution in [0.1, 0.15) is 73.1 Å². The van der Waals surface area contributed by atoms with Gasteiger partial charge in [0.05, 0.1) is 5.56 Å². The van der Waals surface area contributed by atoms with Crippen LogP contribution in [0.3, 0.4) is 0 Å². The van der Waals surface area contributed by atoms with Gasteiger partial charge in [0.25, 0.3) is 0 Å². The average molecular weight is 450 g/mol. The lowest BCUT2D eigenvalue weighted by Gasteiger charge is -2.42. The molecular formula is C26H27NO2S2. The molecule has 5 heteroatoms. The maximum atomic E-state index is 11.1. The molecule has 1 aliphatic rings. The van der Waals surface area contributed by atoms with Gasteiger partial charge in [0, 0.05) is 16.5 Å². The fourth-order valence-electron chi connectivity index (χ4n) is 4.11. The molecule has 0 unspecified atom stereocenters. The number of hydrogen-bond donors (Lipinski definition) is 1. The summed E-state index contributed by atoms with van der Waals surface area (Å²) < 4.78 is 1.04. The van der Waals surface area contributed by atoms with E-state index >= 15 is 0 Å². The SMILES string of the molecule is CC1(C)CCC(C)(C)c2cc(Sc3nccs3)c(C=Cc3ccc(C(=O)O)cc3)cc21. The molecule has 0 saturated carbocycles. The lowest BCUT2D eigenvalue weighted by molar-refractivity contribution is 0.0697. The standard InChI is InChI=1S/C26H27NO2S2/c1-25(2)11-12-26(3,4)21-16-22(31-24-27-13-14-30-24)19(15-20(21)25)10-7-17-5-8-18(9-6-17)23(28)29/h5-10,13-16H,11-12H2,1-4H3,(H,28,29). The van der Waals surface area contributed by atoms with E-state index in [2.05, 4.69) is 57.0 Å². The first kappa shape index (κ1) is 21.8. The fourth-order valence-corrected chi connectivity index (χ4v) is 5.82. The molecule has 3 nitrogen and oxygen atoms in total. The molecule has 2 aromatic carbocycles. The zero-order chi connectivity index (χ0) is 22.2. The van der Waals surface area contributed by atoms with Crippen molar-refractivity contribution in [1.29, 1.82) is 0 Å². The summed E-state index contributed by atoms with van der Waals surface area (Å²) in [6.07, 6.45) is 8.40. The second-order valence-corrected chi connectivity index (χ2v) is 11.5. The van der Waals surface area contributed by atoms with Crippen molar-refractivity contribution < 1.29 is 9.90 Å². The summed E-state index contributed by atoms with van der Waals surface area (Å²) in [5, 5.41) is 11.1. The molecule has 0 bridgehead atoms. The molecule has 1 heterocycles. The Bertz CT molecular complexity index is 1130. The Morgan fingerprint density at radius 2 is 1.68 bits per heavy atom. The van der Waals surface area contributed by atoms with Gasteiger partial charge in [-0.3, -0.25) is 0 Å². The minimum Gasteiger partial charge on any atom is -0.478 e. The molecule has 4 rings (SSSR count). The molecule has 0 fully saturated rings. The number of aromatic carboxylic acids is 1.